The van der Waals surface area contributed by atoms with Crippen molar-refractivity contribution in [2.75, 3.05) is 6.54 Å². The minimum absolute atomic E-state index is 0.0493. The number of thiophene rings is 1. The predicted octanol–water partition coefficient (Wildman–Crippen LogP) is 2.17. The van der Waals surface area contributed by atoms with Gasteiger partial charge in [-0.05, 0) is 30.0 Å². The Labute approximate surface area is 121 Å². The van der Waals surface area contributed by atoms with Crippen LogP contribution in [-0.4, -0.2) is 18.4 Å². The van der Waals surface area contributed by atoms with Gasteiger partial charge in [-0.2, -0.15) is 0 Å². The topological polar surface area (TPSA) is 71.3 Å². The van der Waals surface area contributed by atoms with Gasteiger partial charge >= 0.3 is 0 Å². The lowest BCUT2D eigenvalue weighted by Gasteiger charge is -2.04. The molecule has 0 bridgehead atoms. The Morgan fingerprint density at radius 3 is 2.80 bits per heavy atom. The summed E-state index contributed by atoms with van der Waals surface area (Å²) in [7, 11) is 0. The lowest BCUT2D eigenvalue weighted by Crippen LogP contribution is -2.26. The van der Waals surface area contributed by atoms with E-state index in [1.165, 1.54) is 11.3 Å². The number of hydrogen-bond donors (Lipinski definition) is 2. The van der Waals surface area contributed by atoms with Crippen LogP contribution in [0.25, 0.3) is 0 Å². The predicted molar refractivity (Wildman–Crippen MR) is 76.4 cm³/mol. The van der Waals surface area contributed by atoms with Crippen LogP contribution in [0, 0.1) is 0 Å². The molecule has 0 saturated carbocycles. The average molecular weight is 292 g/mol. The molecule has 0 radical (unpaired) electrons. The fourth-order valence-corrected chi connectivity index (χ4v) is 2.27. The smallest absolute Gasteiger partial charge is 0.261 e. The Hall–Kier alpha value is -2.08. The van der Waals surface area contributed by atoms with Crippen LogP contribution in [0.3, 0.4) is 0 Å². The van der Waals surface area contributed by atoms with E-state index in [1.807, 2.05) is 17.5 Å². The number of furan rings is 1. The second-order valence-electron chi connectivity index (χ2n) is 4.19. The van der Waals surface area contributed by atoms with Gasteiger partial charge in [0, 0.05) is 13.0 Å². The molecule has 2 N–H and O–H groups in total. The molecule has 0 aliphatic carbocycles. The Balaban J connectivity index is 1.56. The first-order chi connectivity index (χ1) is 9.75. The summed E-state index contributed by atoms with van der Waals surface area (Å²) in [5.74, 6) is 0.590. The van der Waals surface area contributed by atoms with E-state index in [1.54, 1.807) is 18.4 Å². The molecule has 0 aromatic carbocycles. The van der Waals surface area contributed by atoms with Crippen molar-refractivity contribution in [2.24, 2.45) is 0 Å². The second-order valence-corrected chi connectivity index (χ2v) is 5.14. The molecular formula is C14H16N2O3S. The minimum Gasteiger partial charge on any atom is -0.467 e. The van der Waals surface area contributed by atoms with Gasteiger partial charge in [0.15, 0.2) is 0 Å². The van der Waals surface area contributed by atoms with Crippen LogP contribution in [0.5, 0.6) is 0 Å². The normalized spacial score (nSPS) is 10.2. The molecule has 0 atom stereocenters. The molecule has 2 aromatic rings. The molecule has 2 aromatic heterocycles. The van der Waals surface area contributed by atoms with E-state index < -0.39 is 0 Å². The van der Waals surface area contributed by atoms with Crippen LogP contribution < -0.4 is 10.6 Å². The molecular weight excluding hydrogens is 276 g/mol. The van der Waals surface area contributed by atoms with Gasteiger partial charge in [-0.25, -0.2) is 0 Å². The third kappa shape index (κ3) is 4.55. The van der Waals surface area contributed by atoms with E-state index in [9.17, 15) is 9.59 Å². The number of nitrogens with one attached hydrogen (secondary N) is 2. The summed E-state index contributed by atoms with van der Waals surface area (Å²) in [4.78, 5) is 23.9. The maximum atomic E-state index is 11.6. The van der Waals surface area contributed by atoms with Crippen LogP contribution >= 0.6 is 11.3 Å². The minimum atomic E-state index is -0.0870. The van der Waals surface area contributed by atoms with Crippen molar-refractivity contribution in [1.29, 1.82) is 0 Å². The SMILES string of the molecule is O=C(CCCNC(=O)c1cccs1)NCc1ccco1. The molecule has 0 saturated heterocycles. The zero-order valence-corrected chi connectivity index (χ0v) is 11.7. The van der Waals surface area contributed by atoms with Crippen LogP contribution in [0.4, 0.5) is 0 Å². The summed E-state index contributed by atoms with van der Waals surface area (Å²) < 4.78 is 5.11. The number of rotatable bonds is 7. The quantitative estimate of drug-likeness (QED) is 0.768. The van der Waals surface area contributed by atoms with Crippen molar-refractivity contribution in [1.82, 2.24) is 10.6 Å². The zero-order chi connectivity index (χ0) is 14.2. The molecule has 6 heteroatoms. The van der Waals surface area contributed by atoms with Crippen molar-refractivity contribution < 1.29 is 14.0 Å². The van der Waals surface area contributed by atoms with Crippen molar-refractivity contribution in [2.45, 2.75) is 19.4 Å². The van der Waals surface area contributed by atoms with E-state index in [-0.39, 0.29) is 11.8 Å². The molecule has 2 rings (SSSR count). The molecule has 0 aliphatic heterocycles. The highest BCUT2D eigenvalue weighted by Crippen LogP contribution is 2.07. The molecule has 5 nitrogen and oxygen atoms in total. The second kappa shape index (κ2) is 7.49. The third-order valence-corrected chi connectivity index (χ3v) is 3.52. The highest BCUT2D eigenvalue weighted by Gasteiger charge is 2.06. The Kier molecular flexibility index (Phi) is 5.37. The van der Waals surface area contributed by atoms with Crippen LogP contribution in [0.15, 0.2) is 40.3 Å². The lowest BCUT2D eigenvalue weighted by atomic mass is 10.3. The van der Waals surface area contributed by atoms with Crippen molar-refractivity contribution in [3.63, 3.8) is 0 Å². The maximum Gasteiger partial charge on any atom is 0.261 e. The van der Waals surface area contributed by atoms with E-state index in [4.69, 9.17) is 4.42 Å². The van der Waals surface area contributed by atoms with Crippen LogP contribution in [0.1, 0.15) is 28.3 Å². The van der Waals surface area contributed by atoms with E-state index in [2.05, 4.69) is 10.6 Å². The maximum absolute atomic E-state index is 11.6. The first-order valence-corrected chi connectivity index (χ1v) is 7.24. The van der Waals surface area contributed by atoms with Gasteiger partial charge in [-0.3, -0.25) is 9.59 Å². The molecule has 0 aliphatic rings. The van der Waals surface area contributed by atoms with Gasteiger partial charge in [-0.1, -0.05) is 6.07 Å². The highest BCUT2D eigenvalue weighted by atomic mass is 32.1. The van der Waals surface area contributed by atoms with E-state index >= 15 is 0 Å². The summed E-state index contributed by atoms with van der Waals surface area (Å²) in [6.07, 6.45) is 2.56. The summed E-state index contributed by atoms with van der Waals surface area (Å²) in [6, 6.07) is 7.20. The molecule has 0 spiro atoms. The average Bonchev–Trinajstić information content (AvgIpc) is 3.13. The fourth-order valence-electron chi connectivity index (χ4n) is 1.63. The molecule has 0 unspecified atom stereocenters. The van der Waals surface area contributed by atoms with Crippen LogP contribution in [-0.2, 0) is 11.3 Å². The van der Waals surface area contributed by atoms with E-state index in [0.29, 0.717) is 30.8 Å². The van der Waals surface area contributed by atoms with Gasteiger partial charge < -0.3 is 15.1 Å². The van der Waals surface area contributed by atoms with Crippen LogP contribution in [0.2, 0.25) is 0 Å². The monoisotopic (exact) mass is 292 g/mol. The van der Waals surface area contributed by atoms with Gasteiger partial charge in [0.2, 0.25) is 5.91 Å². The Bertz CT molecular complexity index is 535. The first-order valence-electron chi connectivity index (χ1n) is 6.36. The third-order valence-electron chi connectivity index (χ3n) is 2.65. The number of carbonyl (C=O) groups excluding carboxylic acids is 2. The summed E-state index contributed by atoms with van der Waals surface area (Å²) >= 11 is 1.40. The molecule has 2 heterocycles. The zero-order valence-electron chi connectivity index (χ0n) is 10.9. The highest BCUT2D eigenvalue weighted by molar-refractivity contribution is 7.12. The fraction of sp³-hybridized carbons (Fsp3) is 0.286. The van der Waals surface area contributed by atoms with Crippen molar-refractivity contribution in [3.8, 4) is 0 Å². The summed E-state index contributed by atoms with van der Waals surface area (Å²) in [5.41, 5.74) is 0. The molecule has 0 fully saturated rings. The Morgan fingerprint density at radius 2 is 2.10 bits per heavy atom. The van der Waals surface area contributed by atoms with Crippen molar-refractivity contribution >= 4 is 23.2 Å². The molecule has 20 heavy (non-hydrogen) atoms. The lowest BCUT2D eigenvalue weighted by molar-refractivity contribution is -0.121. The van der Waals surface area contributed by atoms with E-state index in [0.717, 1.165) is 5.76 Å². The van der Waals surface area contributed by atoms with Gasteiger partial charge in [-0.15, -0.1) is 11.3 Å². The standard InChI is InChI=1S/C14H16N2O3S/c17-13(16-10-11-4-2-8-19-11)6-1-7-15-14(18)12-5-3-9-20-12/h2-5,8-9H,1,6-7,10H2,(H,15,18)(H,16,17). The number of hydrogen-bond acceptors (Lipinski definition) is 4. The Morgan fingerprint density at radius 1 is 1.20 bits per heavy atom. The largest absolute Gasteiger partial charge is 0.467 e. The first kappa shape index (κ1) is 14.3. The number of carbonyl (C=O) groups is 2. The molecule has 106 valence electrons. The number of amides is 2. The van der Waals surface area contributed by atoms with Gasteiger partial charge in [0.05, 0.1) is 17.7 Å². The van der Waals surface area contributed by atoms with Gasteiger partial charge in [0.1, 0.15) is 5.76 Å². The van der Waals surface area contributed by atoms with Crippen molar-refractivity contribution in [3.05, 3.63) is 46.5 Å². The summed E-state index contributed by atoms with van der Waals surface area (Å²) in [5, 5.41) is 7.40. The van der Waals surface area contributed by atoms with Gasteiger partial charge in [0.25, 0.3) is 5.91 Å². The molecule has 2 amide bonds. The summed E-state index contributed by atoms with van der Waals surface area (Å²) in [6.45, 7) is 0.887.